The van der Waals surface area contributed by atoms with Gasteiger partial charge in [-0.05, 0) is 26.2 Å². The monoisotopic (exact) mass is 368 g/mol. The number of rotatable bonds is 6. The molecule has 3 heterocycles. The molecule has 1 amide bonds. The first-order chi connectivity index (χ1) is 12.0. The molecule has 2 unspecified atom stereocenters. The Hall–Kier alpha value is -1.74. The van der Waals surface area contributed by atoms with E-state index in [1.54, 1.807) is 6.07 Å². The largest absolute Gasteiger partial charge is 0.376 e. The minimum atomic E-state index is -2.98. The standard InChI is InChI=1S/C16H24N4O4S/c1-2-20(12-5-7-25(22,23)10-12)15-8-14(18-11-19-15)16(21)17-9-13-4-3-6-24-13/h8,11-13H,2-7,9-10H2,1H3,(H,17,21). The Labute approximate surface area is 147 Å². The highest BCUT2D eigenvalue weighted by Crippen LogP contribution is 2.22. The fourth-order valence-corrected chi connectivity index (χ4v) is 5.09. The Morgan fingerprint density at radius 3 is 2.88 bits per heavy atom. The van der Waals surface area contributed by atoms with Crippen molar-refractivity contribution in [3.63, 3.8) is 0 Å². The third kappa shape index (κ3) is 4.46. The lowest BCUT2D eigenvalue weighted by Crippen LogP contribution is -2.37. The van der Waals surface area contributed by atoms with Gasteiger partial charge in [-0.15, -0.1) is 0 Å². The fourth-order valence-electron chi connectivity index (χ4n) is 3.36. The van der Waals surface area contributed by atoms with Crippen molar-refractivity contribution in [1.82, 2.24) is 15.3 Å². The fraction of sp³-hybridized carbons (Fsp3) is 0.688. The summed E-state index contributed by atoms with van der Waals surface area (Å²) < 4.78 is 29.0. The number of anilines is 1. The van der Waals surface area contributed by atoms with E-state index in [0.717, 1.165) is 19.4 Å². The SMILES string of the molecule is CCN(c1cc(C(=O)NCC2CCCO2)ncn1)C1CCS(=O)(=O)C1. The van der Waals surface area contributed by atoms with Crippen molar-refractivity contribution < 1.29 is 17.9 Å². The van der Waals surface area contributed by atoms with Crippen LogP contribution in [-0.4, -0.2) is 67.6 Å². The number of hydrogen-bond donors (Lipinski definition) is 1. The molecular weight excluding hydrogens is 344 g/mol. The van der Waals surface area contributed by atoms with Gasteiger partial charge in [-0.3, -0.25) is 4.79 Å². The van der Waals surface area contributed by atoms with Crippen LogP contribution in [0, 0.1) is 0 Å². The van der Waals surface area contributed by atoms with Gasteiger partial charge >= 0.3 is 0 Å². The van der Waals surface area contributed by atoms with Gasteiger partial charge in [0.1, 0.15) is 17.8 Å². The molecule has 1 N–H and O–H groups in total. The van der Waals surface area contributed by atoms with Gasteiger partial charge < -0.3 is 15.0 Å². The highest BCUT2D eigenvalue weighted by Gasteiger charge is 2.32. The average Bonchev–Trinajstić information content (AvgIpc) is 3.23. The van der Waals surface area contributed by atoms with Crippen molar-refractivity contribution in [2.45, 2.75) is 38.3 Å². The van der Waals surface area contributed by atoms with E-state index in [1.807, 2.05) is 11.8 Å². The Kier molecular flexibility index (Phi) is 5.53. The van der Waals surface area contributed by atoms with Gasteiger partial charge in [0.25, 0.3) is 5.91 Å². The third-order valence-corrected chi connectivity index (χ3v) is 6.43. The second-order valence-corrected chi connectivity index (χ2v) is 8.68. The van der Waals surface area contributed by atoms with Crippen molar-refractivity contribution in [1.29, 1.82) is 0 Å². The quantitative estimate of drug-likeness (QED) is 0.775. The van der Waals surface area contributed by atoms with Gasteiger partial charge in [-0.25, -0.2) is 18.4 Å². The number of ether oxygens (including phenoxy) is 1. The second-order valence-electron chi connectivity index (χ2n) is 6.45. The molecule has 0 spiro atoms. The van der Waals surface area contributed by atoms with Crippen LogP contribution in [0.1, 0.15) is 36.7 Å². The summed E-state index contributed by atoms with van der Waals surface area (Å²) in [5, 5.41) is 2.84. The van der Waals surface area contributed by atoms with Crippen molar-refractivity contribution in [3.05, 3.63) is 18.1 Å². The minimum absolute atomic E-state index is 0.0705. The molecule has 0 saturated carbocycles. The van der Waals surface area contributed by atoms with Crippen LogP contribution >= 0.6 is 0 Å². The molecule has 0 bridgehead atoms. The van der Waals surface area contributed by atoms with Crippen LogP contribution in [0.2, 0.25) is 0 Å². The lowest BCUT2D eigenvalue weighted by molar-refractivity contribution is 0.0853. The summed E-state index contributed by atoms with van der Waals surface area (Å²) in [6, 6.07) is 1.52. The van der Waals surface area contributed by atoms with E-state index < -0.39 is 9.84 Å². The molecule has 2 atom stereocenters. The van der Waals surface area contributed by atoms with Crippen molar-refractivity contribution in [3.8, 4) is 0 Å². The van der Waals surface area contributed by atoms with Gasteiger partial charge in [0.2, 0.25) is 0 Å². The van der Waals surface area contributed by atoms with Crippen molar-refractivity contribution >= 4 is 21.6 Å². The summed E-state index contributed by atoms with van der Waals surface area (Å²) in [7, 11) is -2.98. The van der Waals surface area contributed by atoms with E-state index >= 15 is 0 Å². The maximum absolute atomic E-state index is 12.3. The molecule has 2 aliphatic heterocycles. The lowest BCUT2D eigenvalue weighted by Gasteiger charge is -2.27. The molecule has 25 heavy (non-hydrogen) atoms. The molecule has 0 radical (unpaired) electrons. The smallest absolute Gasteiger partial charge is 0.270 e. The van der Waals surface area contributed by atoms with Gasteiger partial charge in [0.05, 0.1) is 17.6 Å². The zero-order valence-corrected chi connectivity index (χ0v) is 15.2. The molecule has 1 aromatic heterocycles. The molecule has 0 aromatic carbocycles. The number of carbonyl (C=O) groups is 1. The summed E-state index contributed by atoms with van der Waals surface area (Å²) in [5.41, 5.74) is 0.280. The second kappa shape index (κ2) is 7.65. The summed E-state index contributed by atoms with van der Waals surface area (Å²) in [5.74, 6) is 0.649. The topological polar surface area (TPSA) is 101 Å². The maximum atomic E-state index is 12.3. The Balaban J connectivity index is 1.68. The van der Waals surface area contributed by atoms with Crippen molar-refractivity contribution in [2.24, 2.45) is 0 Å². The molecular formula is C16H24N4O4S. The number of carbonyl (C=O) groups excluding carboxylic acids is 1. The van der Waals surface area contributed by atoms with Gasteiger partial charge in [-0.2, -0.15) is 0 Å². The molecule has 138 valence electrons. The van der Waals surface area contributed by atoms with E-state index in [2.05, 4.69) is 15.3 Å². The number of amides is 1. The Morgan fingerprint density at radius 1 is 1.40 bits per heavy atom. The molecule has 1 aromatic rings. The predicted molar refractivity (Wildman–Crippen MR) is 93.4 cm³/mol. The van der Waals surface area contributed by atoms with Gasteiger partial charge in [0, 0.05) is 31.8 Å². The van der Waals surface area contributed by atoms with E-state index in [-0.39, 0.29) is 35.3 Å². The van der Waals surface area contributed by atoms with E-state index in [4.69, 9.17) is 4.74 Å². The Morgan fingerprint density at radius 2 is 2.24 bits per heavy atom. The third-order valence-electron chi connectivity index (χ3n) is 4.68. The summed E-state index contributed by atoms with van der Waals surface area (Å²) in [6.07, 6.45) is 3.98. The van der Waals surface area contributed by atoms with Crippen molar-refractivity contribution in [2.75, 3.05) is 36.1 Å². The van der Waals surface area contributed by atoms with Crippen LogP contribution in [0.25, 0.3) is 0 Å². The van der Waals surface area contributed by atoms with Crippen LogP contribution in [0.3, 0.4) is 0 Å². The first kappa shape index (κ1) is 18.1. The van der Waals surface area contributed by atoms with Crippen LogP contribution in [0.4, 0.5) is 5.82 Å². The zero-order chi connectivity index (χ0) is 17.9. The summed E-state index contributed by atoms with van der Waals surface area (Å²) in [6.45, 7) is 3.78. The number of hydrogen-bond acceptors (Lipinski definition) is 7. The lowest BCUT2D eigenvalue weighted by atomic mass is 10.2. The first-order valence-electron chi connectivity index (χ1n) is 8.67. The molecule has 3 rings (SSSR count). The molecule has 8 nitrogen and oxygen atoms in total. The number of nitrogens with zero attached hydrogens (tertiary/aromatic N) is 3. The van der Waals surface area contributed by atoms with Crippen LogP contribution in [0.5, 0.6) is 0 Å². The van der Waals surface area contributed by atoms with E-state index in [1.165, 1.54) is 6.33 Å². The summed E-state index contributed by atoms with van der Waals surface area (Å²) in [4.78, 5) is 22.5. The van der Waals surface area contributed by atoms with Crippen LogP contribution < -0.4 is 10.2 Å². The molecule has 2 fully saturated rings. The number of sulfone groups is 1. The minimum Gasteiger partial charge on any atom is -0.376 e. The van der Waals surface area contributed by atoms with Gasteiger partial charge in [-0.1, -0.05) is 0 Å². The predicted octanol–water partition coefficient (Wildman–Crippen LogP) is 0.399. The first-order valence-corrected chi connectivity index (χ1v) is 10.5. The highest BCUT2D eigenvalue weighted by molar-refractivity contribution is 7.91. The highest BCUT2D eigenvalue weighted by atomic mass is 32.2. The van der Waals surface area contributed by atoms with Gasteiger partial charge in [0.15, 0.2) is 9.84 Å². The molecule has 2 saturated heterocycles. The van der Waals surface area contributed by atoms with Crippen LogP contribution in [-0.2, 0) is 14.6 Å². The molecule has 9 heteroatoms. The molecule has 0 aliphatic carbocycles. The average molecular weight is 368 g/mol. The van der Waals surface area contributed by atoms with Crippen LogP contribution in [0.15, 0.2) is 12.4 Å². The summed E-state index contributed by atoms with van der Waals surface area (Å²) >= 11 is 0. The normalized spacial score (nSPS) is 25.0. The molecule has 2 aliphatic rings. The zero-order valence-electron chi connectivity index (χ0n) is 14.3. The van der Waals surface area contributed by atoms with E-state index in [0.29, 0.717) is 25.3 Å². The number of aromatic nitrogens is 2. The number of nitrogens with one attached hydrogen (secondary N) is 1. The Bertz CT molecular complexity index is 719. The maximum Gasteiger partial charge on any atom is 0.270 e. The van der Waals surface area contributed by atoms with E-state index in [9.17, 15) is 13.2 Å².